The van der Waals surface area contributed by atoms with Gasteiger partial charge in [-0.05, 0) is 45.1 Å². The number of benzene rings is 1. The Kier molecular flexibility index (Phi) is 4.87. The molecule has 2 rings (SSSR count). The van der Waals surface area contributed by atoms with Crippen molar-refractivity contribution in [1.29, 1.82) is 0 Å². The van der Waals surface area contributed by atoms with Gasteiger partial charge in [-0.15, -0.1) is 0 Å². The zero-order chi connectivity index (χ0) is 13.0. The van der Waals surface area contributed by atoms with E-state index in [0.717, 1.165) is 18.7 Å². The summed E-state index contributed by atoms with van der Waals surface area (Å²) in [6.45, 7) is 5.25. The van der Waals surface area contributed by atoms with Crippen molar-refractivity contribution in [2.24, 2.45) is 0 Å². The minimum absolute atomic E-state index is 0.288. The van der Waals surface area contributed by atoms with Crippen LogP contribution < -0.4 is 0 Å². The first-order valence-electron chi connectivity index (χ1n) is 6.54. The van der Waals surface area contributed by atoms with E-state index in [1.54, 1.807) is 12.1 Å². The van der Waals surface area contributed by atoms with Gasteiger partial charge in [0.15, 0.2) is 0 Å². The van der Waals surface area contributed by atoms with Crippen molar-refractivity contribution in [2.75, 3.05) is 33.2 Å². The van der Waals surface area contributed by atoms with Gasteiger partial charge in [-0.2, -0.15) is 0 Å². The lowest BCUT2D eigenvalue weighted by atomic mass is 10.2. The van der Waals surface area contributed by atoms with Crippen LogP contribution in [0, 0.1) is 0 Å². The Balaban J connectivity index is 1.84. The van der Waals surface area contributed by atoms with Crippen molar-refractivity contribution >= 4 is 11.6 Å². The van der Waals surface area contributed by atoms with Crippen LogP contribution in [0.25, 0.3) is 0 Å². The molecule has 0 atom stereocenters. The van der Waals surface area contributed by atoms with E-state index in [0.29, 0.717) is 11.6 Å². The van der Waals surface area contributed by atoms with Crippen LogP contribution in [0.2, 0.25) is 5.02 Å². The molecule has 1 aromatic rings. The highest BCUT2D eigenvalue weighted by molar-refractivity contribution is 6.31. The Morgan fingerprint density at radius 3 is 2.72 bits per heavy atom. The number of hydrogen-bond donors (Lipinski definition) is 1. The summed E-state index contributed by atoms with van der Waals surface area (Å²) in [5, 5.41) is 10.4. The molecule has 1 aromatic carbocycles. The van der Waals surface area contributed by atoms with E-state index >= 15 is 0 Å². The molecule has 1 aliphatic heterocycles. The molecule has 0 aromatic heterocycles. The van der Waals surface area contributed by atoms with Crippen LogP contribution >= 0.6 is 11.6 Å². The maximum absolute atomic E-state index is 9.80. The number of hydrogen-bond acceptors (Lipinski definition) is 3. The first kappa shape index (κ1) is 13.7. The Morgan fingerprint density at radius 2 is 2.06 bits per heavy atom. The van der Waals surface area contributed by atoms with Crippen LogP contribution in [0.5, 0.6) is 5.75 Å². The number of likely N-dealkylation sites (N-methyl/N-ethyl adjacent to an activating group) is 1. The molecule has 0 spiro atoms. The number of rotatable bonds is 5. The number of likely N-dealkylation sites (tertiary alicyclic amines) is 1. The van der Waals surface area contributed by atoms with Crippen molar-refractivity contribution in [3.05, 3.63) is 28.8 Å². The molecule has 1 N–H and O–H groups in total. The van der Waals surface area contributed by atoms with Gasteiger partial charge in [0, 0.05) is 30.2 Å². The standard InChI is InChI=1S/C14H21ClN2O/c1-16(9-10-17-7-2-3-8-17)11-12-13(15)5-4-6-14(12)18/h4-6,18H,2-3,7-11H2,1H3. The Bertz CT molecular complexity index is 371. The van der Waals surface area contributed by atoms with Gasteiger partial charge in [0.25, 0.3) is 0 Å². The number of nitrogens with zero attached hydrogens (tertiary/aromatic N) is 2. The van der Waals surface area contributed by atoms with E-state index in [1.165, 1.54) is 25.9 Å². The molecule has 0 aliphatic carbocycles. The monoisotopic (exact) mass is 268 g/mol. The Labute approximate surface area is 114 Å². The second-order valence-electron chi connectivity index (χ2n) is 5.02. The largest absolute Gasteiger partial charge is 0.508 e. The van der Waals surface area contributed by atoms with Crippen LogP contribution in [0.1, 0.15) is 18.4 Å². The summed E-state index contributed by atoms with van der Waals surface area (Å²) in [6, 6.07) is 5.28. The molecular formula is C14H21ClN2O. The predicted octanol–water partition coefficient (Wildman–Crippen LogP) is 2.57. The van der Waals surface area contributed by atoms with Crippen LogP contribution in [-0.4, -0.2) is 48.1 Å². The summed E-state index contributed by atoms with van der Waals surface area (Å²) in [5.74, 6) is 0.288. The average Bonchev–Trinajstić information content (AvgIpc) is 2.84. The zero-order valence-corrected chi connectivity index (χ0v) is 11.7. The molecule has 0 radical (unpaired) electrons. The van der Waals surface area contributed by atoms with Gasteiger partial charge >= 0.3 is 0 Å². The highest BCUT2D eigenvalue weighted by Crippen LogP contribution is 2.26. The van der Waals surface area contributed by atoms with E-state index < -0.39 is 0 Å². The summed E-state index contributed by atoms with van der Waals surface area (Å²) in [5.41, 5.74) is 0.822. The molecule has 0 saturated carbocycles. The van der Waals surface area contributed by atoms with Crippen LogP contribution in [0.4, 0.5) is 0 Å². The van der Waals surface area contributed by atoms with E-state index in [9.17, 15) is 5.11 Å². The first-order chi connectivity index (χ1) is 8.66. The third kappa shape index (κ3) is 3.61. The molecule has 0 bridgehead atoms. The smallest absolute Gasteiger partial charge is 0.121 e. The third-order valence-corrected chi connectivity index (χ3v) is 3.87. The fourth-order valence-electron chi connectivity index (χ4n) is 2.37. The third-order valence-electron chi connectivity index (χ3n) is 3.52. The van der Waals surface area contributed by atoms with Gasteiger partial charge in [0.2, 0.25) is 0 Å². The lowest BCUT2D eigenvalue weighted by Gasteiger charge is -2.22. The van der Waals surface area contributed by atoms with Gasteiger partial charge < -0.3 is 14.9 Å². The first-order valence-corrected chi connectivity index (χ1v) is 6.92. The number of phenolic OH excluding ortho intramolecular Hbond substituents is 1. The number of aromatic hydroxyl groups is 1. The molecule has 4 heteroatoms. The van der Waals surface area contributed by atoms with Crippen molar-refractivity contribution < 1.29 is 5.11 Å². The molecule has 1 aliphatic rings. The van der Waals surface area contributed by atoms with Crippen LogP contribution in [-0.2, 0) is 6.54 Å². The second-order valence-corrected chi connectivity index (χ2v) is 5.43. The number of halogens is 1. The minimum atomic E-state index is 0.288. The van der Waals surface area contributed by atoms with E-state index in [2.05, 4.69) is 16.8 Å². The predicted molar refractivity (Wildman–Crippen MR) is 75.1 cm³/mol. The summed E-state index contributed by atoms with van der Waals surface area (Å²) in [4.78, 5) is 4.70. The molecule has 1 fully saturated rings. The molecule has 1 heterocycles. The van der Waals surface area contributed by atoms with E-state index in [1.807, 2.05) is 6.07 Å². The molecule has 100 valence electrons. The van der Waals surface area contributed by atoms with Gasteiger partial charge in [-0.25, -0.2) is 0 Å². The van der Waals surface area contributed by atoms with E-state index in [4.69, 9.17) is 11.6 Å². The number of phenols is 1. The van der Waals surface area contributed by atoms with Crippen LogP contribution in [0.3, 0.4) is 0 Å². The molecule has 3 nitrogen and oxygen atoms in total. The molecule has 0 unspecified atom stereocenters. The summed E-state index contributed by atoms with van der Waals surface area (Å²) in [7, 11) is 2.07. The maximum Gasteiger partial charge on any atom is 0.121 e. The molecular weight excluding hydrogens is 248 g/mol. The zero-order valence-electron chi connectivity index (χ0n) is 10.9. The summed E-state index contributed by atoms with van der Waals surface area (Å²) in [6.07, 6.45) is 2.66. The molecule has 18 heavy (non-hydrogen) atoms. The van der Waals surface area contributed by atoms with Crippen molar-refractivity contribution in [2.45, 2.75) is 19.4 Å². The lowest BCUT2D eigenvalue weighted by Crippen LogP contribution is -2.31. The average molecular weight is 269 g/mol. The Hall–Kier alpha value is -0.770. The lowest BCUT2D eigenvalue weighted by molar-refractivity contribution is 0.250. The Morgan fingerprint density at radius 1 is 1.33 bits per heavy atom. The topological polar surface area (TPSA) is 26.7 Å². The van der Waals surface area contributed by atoms with Crippen LogP contribution in [0.15, 0.2) is 18.2 Å². The summed E-state index contributed by atoms with van der Waals surface area (Å²) >= 11 is 6.10. The fourth-order valence-corrected chi connectivity index (χ4v) is 2.60. The highest BCUT2D eigenvalue weighted by Gasteiger charge is 2.13. The van der Waals surface area contributed by atoms with Crippen molar-refractivity contribution in [3.63, 3.8) is 0 Å². The van der Waals surface area contributed by atoms with Gasteiger partial charge in [-0.1, -0.05) is 17.7 Å². The molecule has 0 amide bonds. The summed E-state index contributed by atoms with van der Waals surface area (Å²) < 4.78 is 0. The highest BCUT2D eigenvalue weighted by atomic mass is 35.5. The van der Waals surface area contributed by atoms with Gasteiger partial charge in [0.1, 0.15) is 5.75 Å². The van der Waals surface area contributed by atoms with Gasteiger partial charge in [0.05, 0.1) is 0 Å². The fraction of sp³-hybridized carbons (Fsp3) is 0.571. The maximum atomic E-state index is 9.80. The minimum Gasteiger partial charge on any atom is -0.508 e. The normalized spacial score (nSPS) is 16.6. The van der Waals surface area contributed by atoms with Crippen molar-refractivity contribution in [3.8, 4) is 5.75 Å². The van der Waals surface area contributed by atoms with E-state index in [-0.39, 0.29) is 5.75 Å². The van der Waals surface area contributed by atoms with Crippen molar-refractivity contribution in [1.82, 2.24) is 9.80 Å². The SMILES string of the molecule is CN(CCN1CCCC1)Cc1c(O)cccc1Cl. The quantitative estimate of drug-likeness (QED) is 0.889. The second kappa shape index (κ2) is 6.41. The molecule has 1 saturated heterocycles. The van der Waals surface area contributed by atoms with Gasteiger partial charge in [-0.3, -0.25) is 0 Å².